The van der Waals surface area contributed by atoms with E-state index in [1.54, 1.807) is 12.1 Å². The summed E-state index contributed by atoms with van der Waals surface area (Å²) >= 11 is 0. The molecule has 21 heavy (non-hydrogen) atoms. The van der Waals surface area contributed by atoms with Crippen LogP contribution >= 0.6 is 0 Å². The van der Waals surface area contributed by atoms with Crippen LogP contribution in [0.4, 0.5) is 10.2 Å². The van der Waals surface area contributed by atoms with Gasteiger partial charge in [-0.1, -0.05) is 43.3 Å². The molecule has 1 heterocycles. The highest BCUT2D eigenvalue weighted by Gasteiger charge is 2.19. The van der Waals surface area contributed by atoms with Crippen molar-refractivity contribution < 1.29 is 8.91 Å². The van der Waals surface area contributed by atoms with Crippen LogP contribution in [0, 0.1) is 11.7 Å². The second-order valence-corrected chi connectivity index (χ2v) is 5.61. The number of rotatable bonds is 3. The Morgan fingerprint density at radius 1 is 1.14 bits per heavy atom. The maximum Gasteiger partial charge on any atom is 0.172 e. The molecule has 3 rings (SSSR count). The second-order valence-electron chi connectivity index (χ2n) is 5.61. The molecule has 0 saturated carbocycles. The van der Waals surface area contributed by atoms with Crippen LogP contribution in [0.25, 0.3) is 22.1 Å². The topological polar surface area (TPSA) is 52.0 Å². The molecule has 0 aliphatic carbocycles. The predicted octanol–water partition coefficient (Wildman–Crippen LogP) is 4.41. The van der Waals surface area contributed by atoms with Gasteiger partial charge in [0.2, 0.25) is 0 Å². The number of hydrogen-bond acceptors (Lipinski definition) is 3. The number of nitrogens with two attached hydrogens (primary N) is 1. The zero-order valence-corrected chi connectivity index (χ0v) is 12.1. The molecule has 0 unspecified atom stereocenters. The minimum absolute atomic E-state index is 0.243. The third-order valence-electron chi connectivity index (χ3n) is 3.55. The summed E-state index contributed by atoms with van der Waals surface area (Å²) in [5.74, 6) is 1.23. The van der Waals surface area contributed by atoms with Crippen LogP contribution in [-0.4, -0.2) is 5.16 Å². The third-order valence-corrected chi connectivity index (χ3v) is 3.55. The van der Waals surface area contributed by atoms with Gasteiger partial charge in [0.25, 0.3) is 0 Å². The molecule has 1 aromatic heterocycles. The molecule has 0 radical (unpaired) electrons. The Morgan fingerprint density at radius 2 is 1.86 bits per heavy atom. The van der Waals surface area contributed by atoms with Gasteiger partial charge in [-0.3, -0.25) is 0 Å². The van der Waals surface area contributed by atoms with Crippen LogP contribution < -0.4 is 5.73 Å². The van der Waals surface area contributed by atoms with Crippen LogP contribution in [0.15, 0.2) is 40.9 Å². The maximum absolute atomic E-state index is 13.9. The van der Waals surface area contributed by atoms with E-state index < -0.39 is 0 Å². The van der Waals surface area contributed by atoms with Crippen molar-refractivity contribution in [2.24, 2.45) is 5.92 Å². The van der Waals surface area contributed by atoms with Crippen molar-refractivity contribution in [3.8, 4) is 11.3 Å². The number of nitrogens with zero attached hydrogens (tertiary/aromatic N) is 1. The highest BCUT2D eigenvalue weighted by Crippen LogP contribution is 2.35. The van der Waals surface area contributed by atoms with Crippen molar-refractivity contribution in [2.75, 3.05) is 5.73 Å². The summed E-state index contributed by atoms with van der Waals surface area (Å²) in [6.07, 6.45) is 0.774. The van der Waals surface area contributed by atoms with Crippen LogP contribution in [0.2, 0.25) is 0 Å². The van der Waals surface area contributed by atoms with E-state index in [-0.39, 0.29) is 5.82 Å². The van der Waals surface area contributed by atoms with Gasteiger partial charge in [-0.25, -0.2) is 4.39 Å². The lowest BCUT2D eigenvalue weighted by atomic mass is 9.96. The average Bonchev–Trinajstić information content (AvgIpc) is 2.81. The van der Waals surface area contributed by atoms with Crippen molar-refractivity contribution in [3.05, 3.63) is 47.8 Å². The number of fused-ring (bicyclic) bond motifs is 1. The fourth-order valence-corrected chi connectivity index (χ4v) is 2.60. The molecule has 0 amide bonds. The lowest BCUT2D eigenvalue weighted by molar-refractivity contribution is 0.434. The third kappa shape index (κ3) is 2.37. The van der Waals surface area contributed by atoms with Crippen molar-refractivity contribution in [3.63, 3.8) is 0 Å². The van der Waals surface area contributed by atoms with Crippen LogP contribution in [0.1, 0.15) is 19.4 Å². The smallest absolute Gasteiger partial charge is 0.172 e. The van der Waals surface area contributed by atoms with E-state index in [1.165, 1.54) is 6.07 Å². The van der Waals surface area contributed by atoms with Gasteiger partial charge >= 0.3 is 0 Å². The molecular weight excluding hydrogens is 267 g/mol. The van der Waals surface area contributed by atoms with Gasteiger partial charge in [0, 0.05) is 16.5 Å². The summed E-state index contributed by atoms with van der Waals surface area (Å²) in [5, 5.41) is 5.26. The summed E-state index contributed by atoms with van der Waals surface area (Å²) in [4.78, 5) is 0. The zero-order valence-electron chi connectivity index (χ0n) is 12.1. The highest BCUT2D eigenvalue weighted by atomic mass is 19.1. The predicted molar refractivity (Wildman–Crippen MR) is 82.4 cm³/mol. The van der Waals surface area contributed by atoms with Gasteiger partial charge in [0.05, 0.1) is 0 Å². The molecule has 0 aliphatic heterocycles. The summed E-state index contributed by atoms with van der Waals surface area (Å²) in [5.41, 5.74) is 7.64. The number of anilines is 1. The van der Waals surface area contributed by atoms with E-state index in [0.29, 0.717) is 22.9 Å². The SMILES string of the molecule is CC(C)Cc1c(N)noc1-c1ccc(F)c2ccccc12. The molecule has 2 aromatic carbocycles. The van der Waals surface area contributed by atoms with Crippen LogP contribution in [0.3, 0.4) is 0 Å². The van der Waals surface area contributed by atoms with E-state index in [9.17, 15) is 4.39 Å². The van der Waals surface area contributed by atoms with Gasteiger partial charge in [-0.15, -0.1) is 0 Å². The first-order valence-electron chi connectivity index (χ1n) is 6.99. The normalized spacial score (nSPS) is 11.4. The standard InChI is InChI=1S/C17H17FN2O/c1-10(2)9-14-16(21-20-17(14)19)13-7-8-15(18)12-6-4-3-5-11(12)13/h3-8,10H,9H2,1-2H3,(H2,19,20). The number of aromatic nitrogens is 1. The van der Waals surface area contributed by atoms with Gasteiger partial charge in [0.15, 0.2) is 11.6 Å². The minimum atomic E-state index is -0.243. The Kier molecular flexibility index (Phi) is 3.37. The first kappa shape index (κ1) is 13.6. The highest BCUT2D eigenvalue weighted by molar-refractivity contribution is 5.96. The molecule has 2 N–H and O–H groups in total. The summed E-state index contributed by atoms with van der Waals surface area (Å²) in [7, 11) is 0. The molecule has 0 fully saturated rings. The summed E-state index contributed by atoms with van der Waals surface area (Å²) < 4.78 is 19.4. The second kappa shape index (κ2) is 5.20. The minimum Gasteiger partial charge on any atom is -0.381 e. The molecule has 0 bridgehead atoms. The van der Waals surface area contributed by atoms with Crippen molar-refractivity contribution in [1.82, 2.24) is 5.16 Å². The maximum atomic E-state index is 13.9. The van der Waals surface area contributed by atoms with Crippen molar-refractivity contribution in [2.45, 2.75) is 20.3 Å². The Balaban J connectivity index is 2.24. The molecule has 3 nitrogen and oxygen atoms in total. The molecule has 0 saturated heterocycles. The van der Waals surface area contributed by atoms with Crippen molar-refractivity contribution >= 4 is 16.6 Å². The fraction of sp³-hybridized carbons (Fsp3) is 0.235. The lowest BCUT2D eigenvalue weighted by Crippen LogP contribution is -1.99. The largest absolute Gasteiger partial charge is 0.381 e. The molecule has 4 heteroatoms. The molecule has 0 atom stereocenters. The van der Waals surface area contributed by atoms with Gasteiger partial charge < -0.3 is 10.3 Å². The fourth-order valence-electron chi connectivity index (χ4n) is 2.60. The first-order chi connectivity index (χ1) is 10.1. The summed E-state index contributed by atoms with van der Waals surface area (Å²) in [6.45, 7) is 4.22. The Bertz CT molecular complexity index is 793. The number of nitrogen functional groups attached to an aromatic ring is 1. The Hall–Kier alpha value is -2.36. The molecular formula is C17H17FN2O. The number of hydrogen-bond donors (Lipinski definition) is 1. The van der Waals surface area contributed by atoms with E-state index in [0.717, 1.165) is 22.9 Å². The van der Waals surface area contributed by atoms with E-state index in [2.05, 4.69) is 19.0 Å². The molecule has 108 valence electrons. The van der Waals surface area contributed by atoms with Crippen LogP contribution in [0.5, 0.6) is 0 Å². The van der Waals surface area contributed by atoms with E-state index in [1.807, 2.05) is 18.2 Å². The quantitative estimate of drug-likeness (QED) is 0.774. The zero-order chi connectivity index (χ0) is 15.0. The Morgan fingerprint density at radius 3 is 2.57 bits per heavy atom. The first-order valence-corrected chi connectivity index (χ1v) is 6.99. The lowest BCUT2D eigenvalue weighted by Gasteiger charge is -2.08. The Labute approximate surface area is 122 Å². The molecule has 0 aliphatic rings. The van der Waals surface area contributed by atoms with Gasteiger partial charge in [-0.05, 0) is 29.9 Å². The van der Waals surface area contributed by atoms with Crippen LogP contribution in [-0.2, 0) is 6.42 Å². The van der Waals surface area contributed by atoms with E-state index in [4.69, 9.17) is 10.3 Å². The number of halogens is 1. The average molecular weight is 284 g/mol. The summed E-state index contributed by atoms with van der Waals surface area (Å²) in [6, 6.07) is 10.5. The van der Waals surface area contributed by atoms with E-state index >= 15 is 0 Å². The van der Waals surface area contributed by atoms with Gasteiger partial charge in [0.1, 0.15) is 5.82 Å². The molecule has 3 aromatic rings. The van der Waals surface area contributed by atoms with Crippen molar-refractivity contribution in [1.29, 1.82) is 0 Å². The monoisotopic (exact) mass is 284 g/mol. The molecule has 0 spiro atoms. The number of benzene rings is 2. The van der Waals surface area contributed by atoms with Gasteiger partial charge in [-0.2, -0.15) is 0 Å².